The number of rotatable bonds is 6. The second-order valence-corrected chi connectivity index (χ2v) is 10.9. The van der Waals surface area contributed by atoms with Crippen LogP contribution in [-0.2, 0) is 9.59 Å². The molecule has 6 aliphatic rings. The molecule has 27 heavy (non-hydrogen) atoms. The molecular formula is C23H36N2O2. The Labute approximate surface area is 163 Å². The molecule has 0 radical (unpaired) electrons. The summed E-state index contributed by atoms with van der Waals surface area (Å²) in [6, 6.07) is 0.284. The van der Waals surface area contributed by atoms with Crippen LogP contribution >= 0.6 is 0 Å². The average molecular weight is 373 g/mol. The second kappa shape index (κ2) is 6.77. The van der Waals surface area contributed by atoms with E-state index >= 15 is 0 Å². The molecular weight excluding hydrogens is 336 g/mol. The van der Waals surface area contributed by atoms with E-state index in [0.29, 0.717) is 18.9 Å². The molecule has 4 atom stereocenters. The van der Waals surface area contributed by atoms with Gasteiger partial charge in [0.15, 0.2) is 0 Å². The number of fused-ring (bicyclic) bond motifs is 2. The SMILES string of the molecule is C[C@@H](NC(=O)CCNC(=O)C12CC3CC(CC(C3)C1)C2)[C@H]1C[C@H]2CC[C@H]1C2. The van der Waals surface area contributed by atoms with E-state index in [0.717, 1.165) is 48.9 Å². The molecule has 0 spiro atoms. The van der Waals surface area contributed by atoms with Gasteiger partial charge in [-0.2, -0.15) is 0 Å². The molecule has 6 fully saturated rings. The van der Waals surface area contributed by atoms with Gasteiger partial charge in [-0.1, -0.05) is 6.42 Å². The van der Waals surface area contributed by atoms with E-state index in [1.807, 2.05) is 0 Å². The minimum atomic E-state index is -0.0956. The summed E-state index contributed by atoms with van der Waals surface area (Å²) in [7, 11) is 0. The maximum atomic E-state index is 13.0. The molecule has 0 unspecified atom stereocenters. The molecule has 6 aliphatic carbocycles. The second-order valence-electron chi connectivity index (χ2n) is 10.9. The van der Waals surface area contributed by atoms with Crippen LogP contribution in [0.1, 0.15) is 77.6 Å². The summed E-state index contributed by atoms with van der Waals surface area (Å²) < 4.78 is 0. The van der Waals surface area contributed by atoms with Gasteiger partial charge in [0.2, 0.25) is 11.8 Å². The number of amides is 2. The molecule has 0 aliphatic heterocycles. The third kappa shape index (κ3) is 3.31. The summed E-state index contributed by atoms with van der Waals surface area (Å²) in [5.74, 6) is 5.13. The zero-order valence-corrected chi connectivity index (χ0v) is 16.8. The largest absolute Gasteiger partial charge is 0.355 e. The van der Waals surface area contributed by atoms with Crippen molar-refractivity contribution in [1.82, 2.24) is 10.6 Å². The first-order valence-corrected chi connectivity index (χ1v) is 11.6. The minimum absolute atomic E-state index is 0.0956. The third-order valence-corrected chi connectivity index (χ3v) is 8.98. The maximum Gasteiger partial charge on any atom is 0.226 e. The van der Waals surface area contributed by atoms with Crippen molar-refractivity contribution in [2.45, 2.75) is 83.6 Å². The van der Waals surface area contributed by atoms with Crippen LogP contribution in [0.3, 0.4) is 0 Å². The molecule has 0 aromatic heterocycles. The van der Waals surface area contributed by atoms with Gasteiger partial charge in [-0.3, -0.25) is 9.59 Å². The Morgan fingerprint density at radius 3 is 2.15 bits per heavy atom. The molecule has 2 N–H and O–H groups in total. The number of hydrogen-bond donors (Lipinski definition) is 2. The number of carbonyl (C=O) groups is 2. The predicted octanol–water partition coefficient (Wildman–Crippen LogP) is 3.65. The fourth-order valence-electron chi connectivity index (χ4n) is 8.21. The van der Waals surface area contributed by atoms with Crippen molar-refractivity contribution in [3.05, 3.63) is 0 Å². The smallest absolute Gasteiger partial charge is 0.226 e. The van der Waals surface area contributed by atoms with Gasteiger partial charge in [0.25, 0.3) is 0 Å². The topological polar surface area (TPSA) is 58.2 Å². The lowest BCUT2D eigenvalue weighted by molar-refractivity contribution is -0.146. The lowest BCUT2D eigenvalue weighted by atomic mass is 9.49. The van der Waals surface area contributed by atoms with E-state index in [1.54, 1.807) is 0 Å². The van der Waals surface area contributed by atoms with Gasteiger partial charge in [-0.15, -0.1) is 0 Å². The third-order valence-electron chi connectivity index (χ3n) is 8.98. The number of nitrogens with one attached hydrogen (secondary N) is 2. The fraction of sp³-hybridized carbons (Fsp3) is 0.913. The summed E-state index contributed by atoms with van der Waals surface area (Å²) in [6.45, 7) is 2.67. The van der Waals surface area contributed by atoms with Crippen LogP contribution in [0, 0.1) is 40.9 Å². The summed E-state index contributed by atoms with van der Waals surface area (Å²) in [6.07, 6.45) is 13.2. The van der Waals surface area contributed by atoms with E-state index < -0.39 is 0 Å². The zero-order chi connectivity index (χ0) is 18.6. The number of carbonyl (C=O) groups excluding carboxylic acids is 2. The Morgan fingerprint density at radius 1 is 0.926 bits per heavy atom. The molecule has 0 heterocycles. The van der Waals surface area contributed by atoms with E-state index in [9.17, 15) is 9.59 Å². The highest BCUT2D eigenvalue weighted by Gasteiger charge is 2.54. The van der Waals surface area contributed by atoms with Gasteiger partial charge in [-0.25, -0.2) is 0 Å². The first-order chi connectivity index (χ1) is 13.0. The van der Waals surface area contributed by atoms with Crippen LogP contribution in [0.25, 0.3) is 0 Å². The van der Waals surface area contributed by atoms with Gasteiger partial charge in [0.1, 0.15) is 0 Å². The van der Waals surface area contributed by atoms with Crippen molar-refractivity contribution >= 4 is 11.8 Å². The fourth-order valence-corrected chi connectivity index (χ4v) is 8.21. The Hall–Kier alpha value is -1.06. The highest BCUT2D eigenvalue weighted by molar-refractivity contribution is 5.84. The first kappa shape index (κ1) is 18.0. The molecule has 2 amide bonds. The summed E-state index contributed by atoms with van der Waals surface area (Å²) in [4.78, 5) is 25.3. The Kier molecular flexibility index (Phi) is 4.52. The van der Waals surface area contributed by atoms with Crippen LogP contribution in [0.15, 0.2) is 0 Å². The van der Waals surface area contributed by atoms with Crippen LogP contribution in [-0.4, -0.2) is 24.4 Å². The zero-order valence-electron chi connectivity index (χ0n) is 16.8. The van der Waals surface area contributed by atoms with Gasteiger partial charge in [0.05, 0.1) is 0 Å². The van der Waals surface area contributed by atoms with E-state index in [2.05, 4.69) is 17.6 Å². The van der Waals surface area contributed by atoms with Gasteiger partial charge < -0.3 is 10.6 Å². The van der Waals surface area contributed by atoms with E-state index in [4.69, 9.17) is 0 Å². The summed E-state index contributed by atoms with van der Waals surface area (Å²) in [5, 5.41) is 6.37. The molecule has 0 saturated heterocycles. The van der Waals surface area contributed by atoms with Crippen LogP contribution in [0.4, 0.5) is 0 Å². The van der Waals surface area contributed by atoms with E-state index in [-0.39, 0.29) is 23.3 Å². The lowest BCUT2D eigenvalue weighted by Gasteiger charge is -2.55. The molecule has 0 aromatic rings. The molecule has 6 rings (SSSR count). The van der Waals surface area contributed by atoms with Crippen molar-refractivity contribution in [2.75, 3.05) is 6.54 Å². The van der Waals surface area contributed by atoms with Crippen molar-refractivity contribution in [1.29, 1.82) is 0 Å². The molecule has 4 nitrogen and oxygen atoms in total. The van der Waals surface area contributed by atoms with E-state index in [1.165, 1.54) is 44.9 Å². The van der Waals surface area contributed by atoms with Crippen LogP contribution in [0.5, 0.6) is 0 Å². The average Bonchev–Trinajstić information content (AvgIpc) is 3.23. The summed E-state index contributed by atoms with van der Waals surface area (Å²) >= 11 is 0. The van der Waals surface area contributed by atoms with Crippen molar-refractivity contribution in [2.24, 2.45) is 40.9 Å². The highest BCUT2D eigenvalue weighted by atomic mass is 16.2. The van der Waals surface area contributed by atoms with Crippen LogP contribution < -0.4 is 10.6 Å². The number of hydrogen-bond acceptors (Lipinski definition) is 2. The lowest BCUT2D eigenvalue weighted by Crippen LogP contribution is -2.54. The van der Waals surface area contributed by atoms with Crippen molar-refractivity contribution in [3.8, 4) is 0 Å². The molecule has 150 valence electrons. The molecule has 6 bridgehead atoms. The van der Waals surface area contributed by atoms with Gasteiger partial charge in [-0.05, 0) is 100 Å². The Balaban J connectivity index is 1.07. The first-order valence-electron chi connectivity index (χ1n) is 11.6. The molecule has 6 saturated carbocycles. The van der Waals surface area contributed by atoms with Crippen molar-refractivity contribution in [3.63, 3.8) is 0 Å². The Morgan fingerprint density at radius 2 is 1.59 bits per heavy atom. The molecule has 0 aromatic carbocycles. The van der Waals surface area contributed by atoms with Gasteiger partial charge in [0, 0.05) is 24.4 Å². The van der Waals surface area contributed by atoms with Gasteiger partial charge >= 0.3 is 0 Å². The quantitative estimate of drug-likeness (QED) is 0.748. The van der Waals surface area contributed by atoms with Crippen molar-refractivity contribution < 1.29 is 9.59 Å². The monoisotopic (exact) mass is 372 g/mol. The predicted molar refractivity (Wildman–Crippen MR) is 105 cm³/mol. The highest BCUT2D eigenvalue weighted by Crippen LogP contribution is 2.60. The Bertz CT molecular complexity index is 580. The normalized spacial score (nSPS) is 45.1. The standard InChI is InChI=1S/C23H36N2O2/c1-14(20-10-15-2-3-19(20)9-15)25-21(26)4-5-24-22(27)23-11-16-6-17(12-23)8-18(7-16)13-23/h14-20H,2-13H2,1H3,(H,24,27)(H,25,26)/t14-,15+,16?,17?,18?,19+,20-,23?/m1/s1. The maximum absolute atomic E-state index is 13.0. The minimum Gasteiger partial charge on any atom is -0.355 e. The molecule has 4 heteroatoms. The summed E-state index contributed by atoms with van der Waals surface area (Å²) in [5.41, 5.74) is -0.0956. The van der Waals surface area contributed by atoms with Crippen LogP contribution in [0.2, 0.25) is 0 Å².